The van der Waals surface area contributed by atoms with Crippen LogP contribution in [0.5, 0.6) is 0 Å². The second-order valence-electron chi connectivity index (χ2n) is 5.28. The molecule has 1 aliphatic rings. The number of carbonyl (C=O) groups excluding carboxylic acids is 1. The number of hydrogen-bond donors (Lipinski definition) is 2. The zero-order valence-electron chi connectivity index (χ0n) is 11.5. The second-order valence-corrected chi connectivity index (χ2v) is 6.09. The Hall–Kier alpha value is -1.13. The first kappa shape index (κ1) is 15.3. The van der Waals surface area contributed by atoms with Crippen LogP contribution in [0.25, 0.3) is 0 Å². The minimum atomic E-state index is -0.267. The van der Waals surface area contributed by atoms with Crippen LogP contribution in [0.2, 0.25) is 5.02 Å². The Morgan fingerprint density at radius 3 is 2.70 bits per heavy atom. The highest BCUT2D eigenvalue weighted by Gasteiger charge is 2.22. The van der Waals surface area contributed by atoms with E-state index in [4.69, 9.17) is 23.8 Å². The number of benzene rings is 1. The van der Waals surface area contributed by atoms with E-state index >= 15 is 0 Å². The third-order valence-corrected chi connectivity index (χ3v) is 4.32. The smallest absolute Gasteiger partial charge is 0.258 e. The number of thiocarbonyl (C=S) groups is 1. The minimum Gasteiger partial charge on any atom is -0.359 e. The lowest BCUT2D eigenvalue weighted by Gasteiger charge is -2.30. The summed E-state index contributed by atoms with van der Waals surface area (Å²) < 4.78 is 0. The van der Waals surface area contributed by atoms with Crippen LogP contribution in [-0.2, 0) is 0 Å². The number of rotatable bonds is 2. The molecule has 2 rings (SSSR count). The molecule has 0 aliphatic heterocycles. The van der Waals surface area contributed by atoms with Gasteiger partial charge >= 0.3 is 0 Å². The van der Waals surface area contributed by atoms with Crippen molar-refractivity contribution in [3.05, 3.63) is 34.9 Å². The number of hydrogen-bond acceptors (Lipinski definition) is 2. The molecule has 0 spiro atoms. The van der Waals surface area contributed by atoms with Gasteiger partial charge in [-0.1, -0.05) is 43.5 Å². The Labute approximate surface area is 130 Å². The third kappa shape index (κ3) is 3.93. The van der Waals surface area contributed by atoms with E-state index in [0.717, 1.165) is 6.42 Å². The molecule has 1 fully saturated rings. The summed E-state index contributed by atoms with van der Waals surface area (Å²) in [4.78, 5) is 12.1. The van der Waals surface area contributed by atoms with Crippen LogP contribution in [-0.4, -0.2) is 17.1 Å². The quantitative estimate of drug-likeness (QED) is 0.821. The van der Waals surface area contributed by atoms with Gasteiger partial charge < -0.3 is 5.32 Å². The Morgan fingerprint density at radius 2 is 2.00 bits per heavy atom. The summed E-state index contributed by atoms with van der Waals surface area (Å²) in [5, 5.41) is 6.76. The van der Waals surface area contributed by atoms with E-state index in [1.54, 1.807) is 24.3 Å². The highest BCUT2D eigenvalue weighted by molar-refractivity contribution is 7.80. The molecule has 1 aromatic rings. The Balaban J connectivity index is 1.91. The molecule has 2 atom stereocenters. The summed E-state index contributed by atoms with van der Waals surface area (Å²) in [5.74, 6) is 0.315. The predicted octanol–water partition coefficient (Wildman–Crippen LogP) is 3.52. The average Bonchev–Trinajstić information content (AvgIpc) is 2.41. The van der Waals surface area contributed by atoms with E-state index in [0.29, 0.717) is 27.7 Å². The SMILES string of the molecule is C[C@H]1CCCC[C@@H]1NC(=S)NC(=O)c1ccccc1Cl. The van der Waals surface area contributed by atoms with Crippen LogP contribution in [0.4, 0.5) is 0 Å². The summed E-state index contributed by atoms with van der Waals surface area (Å²) in [5.41, 5.74) is 0.440. The van der Waals surface area contributed by atoms with Crippen LogP contribution >= 0.6 is 23.8 Å². The third-order valence-electron chi connectivity index (χ3n) is 3.77. The molecule has 108 valence electrons. The predicted molar refractivity (Wildman–Crippen MR) is 86.1 cm³/mol. The maximum Gasteiger partial charge on any atom is 0.258 e. The maximum atomic E-state index is 12.1. The lowest BCUT2D eigenvalue weighted by molar-refractivity contribution is 0.0976. The van der Waals surface area contributed by atoms with Gasteiger partial charge in [-0.2, -0.15) is 0 Å². The van der Waals surface area contributed by atoms with Gasteiger partial charge in [-0.05, 0) is 43.1 Å². The molecule has 0 saturated heterocycles. The molecule has 0 unspecified atom stereocenters. The summed E-state index contributed by atoms with van der Waals surface area (Å²) in [6, 6.07) is 7.29. The van der Waals surface area contributed by atoms with Crippen molar-refractivity contribution in [1.29, 1.82) is 0 Å². The van der Waals surface area contributed by atoms with Crippen molar-refractivity contribution in [2.75, 3.05) is 0 Å². The van der Waals surface area contributed by atoms with Crippen molar-refractivity contribution >= 4 is 34.8 Å². The van der Waals surface area contributed by atoms with Gasteiger partial charge in [0.05, 0.1) is 10.6 Å². The van der Waals surface area contributed by atoms with E-state index in [1.807, 2.05) is 0 Å². The molecule has 0 bridgehead atoms. The van der Waals surface area contributed by atoms with Gasteiger partial charge in [0.15, 0.2) is 5.11 Å². The summed E-state index contributed by atoms with van der Waals surface area (Å²) in [7, 11) is 0. The Bertz CT molecular complexity index is 506. The first-order valence-corrected chi connectivity index (χ1v) is 7.73. The van der Waals surface area contributed by atoms with Crippen LogP contribution < -0.4 is 10.6 Å². The average molecular weight is 311 g/mol. The molecule has 3 nitrogen and oxygen atoms in total. The van der Waals surface area contributed by atoms with Crippen LogP contribution in [0.1, 0.15) is 43.0 Å². The molecule has 0 radical (unpaired) electrons. The molecule has 1 amide bonds. The maximum absolute atomic E-state index is 12.1. The number of halogens is 1. The molecule has 1 saturated carbocycles. The van der Waals surface area contributed by atoms with Crippen LogP contribution in [0.3, 0.4) is 0 Å². The van der Waals surface area contributed by atoms with Crippen LogP contribution in [0, 0.1) is 5.92 Å². The first-order valence-electron chi connectivity index (χ1n) is 6.94. The number of nitrogens with one attached hydrogen (secondary N) is 2. The monoisotopic (exact) mass is 310 g/mol. The molecule has 1 aliphatic carbocycles. The van der Waals surface area contributed by atoms with E-state index in [1.165, 1.54) is 19.3 Å². The van der Waals surface area contributed by atoms with Gasteiger partial charge in [-0.3, -0.25) is 10.1 Å². The van der Waals surface area contributed by atoms with Gasteiger partial charge in [0, 0.05) is 6.04 Å². The molecule has 5 heteroatoms. The molecular formula is C15H19ClN2OS. The molecular weight excluding hydrogens is 292 g/mol. The van der Waals surface area contributed by atoms with Crippen LogP contribution in [0.15, 0.2) is 24.3 Å². The zero-order valence-corrected chi connectivity index (χ0v) is 13.1. The van der Waals surface area contributed by atoms with Crippen molar-refractivity contribution in [2.45, 2.75) is 38.6 Å². The highest BCUT2D eigenvalue weighted by Crippen LogP contribution is 2.23. The van der Waals surface area contributed by atoms with Gasteiger partial charge in [0.1, 0.15) is 0 Å². The van der Waals surface area contributed by atoms with E-state index in [2.05, 4.69) is 17.6 Å². The summed E-state index contributed by atoms with van der Waals surface area (Å²) >= 11 is 11.2. The molecule has 20 heavy (non-hydrogen) atoms. The Morgan fingerprint density at radius 1 is 1.30 bits per heavy atom. The largest absolute Gasteiger partial charge is 0.359 e. The van der Waals surface area contributed by atoms with Gasteiger partial charge in [0.2, 0.25) is 0 Å². The Kier molecular flexibility index (Phi) is 5.38. The van der Waals surface area contributed by atoms with E-state index in [-0.39, 0.29) is 5.91 Å². The molecule has 0 heterocycles. The fraction of sp³-hybridized carbons (Fsp3) is 0.467. The fourth-order valence-corrected chi connectivity index (χ4v) is 3.02. The molecule has 2 N–H and O–H groups in total. The van der Waals surface area contributed by atoms with Gasteiger partial charge in [-0.15, -0.1) is 0 Å². The lowest BCUT2D eigenvalue weighted by atomic mass is 9.86. The first-order chi connectivity index (χ1) is 9.58. The summed E-state index contributed by atoms with van der Waals surface area (Å²) in [6.45, 7) is 2.22. The topological polar surface area (TPSA) is 41.1 Å². The van der Waals surface area contributed by atoms with Crippen molar-refractivity contribution < 1.29 is 4.79 Å². The molecule has 0 aromatic heterocycles. The lowest BCUT2D eigenvalue weighted by Crippen LogP contribution is -2.47. The minimum absolute atomic E-state index is 0.267. The normalized spacial score (nSPS) is 22.1. The second kappa shape index (κ2) is 7.04. The number of carbonyl (C=O) groups is 1. The van der Waals surface area contributed by atoms with E-state index in [9.17, 15) is 4.79 Å². The van der Waals surface area contributed by atoms with Crippen molar-refractivity contribution in [3.63, 3.8) is 0 Å². The zero-order chi connectivity index (χ0) is 14.5. The summed E-state index contributed by atoms with van der Waals surface area (Å²) in [6.07, 6.45) is 4.79. The fourth-order valence-electron chi connectivity index (χ4n) is 2.55. The standard InChI is InChI=1S/C15H19ClN2OS/c1-10-6-2-5-9-13(10)17-15(20)18-14(19)11-7-3-4-8-12(11)16/h3-4,7-8,10,13H,2,5-6,9H2,1H3,(H2,17,18,19,20)/t10-,13-/m0/s1. The van der Waals surface area contributed by atoms with Gasteiger partial charge in [0.25, 0.3) is 5.91 Å². The molecule has 1 aromatic carbocycles. The number of amides is 1. The van der Waals surface area contributed by atoms with E-state index < -0.39 is 0 Å². The van der Waals surface area contributed by atoms with Crippen molar-refractivity contribution in [2.24, 2.45) is 5.92 Å². The van der Waals surface area contributed by atoms with Crippen molar-refractivity contribution in [1.82, 2.24) is 10.6 Å². The highest BCUT2D eigenvalue weighted by atomic mass is 35.5. The van der Waals surface area contributed by atoms with Crippen molar-refractivity contribution in [3.8, 4) is 0 Å². The van der Waals surface area contributed by atoms with Gasteiger partial charge in [-0.25, -0.2) is 0 Å².